The number of carbonyl (C=O) groups is 1. The molecule has 1 aromatic carbocycles. The summed E-state index contributed by atoms with van der Waals surface area (Å²) in [5.74, 6) is -0.0408. The summed E-state index contributed by atoms with van der Waals surface area (Å²) in [7, 11) is 0. The van der Waals surface area contributed by atoms with Gasteiger partial charge in [0.15, 0.2) is 4.34 Å². The molecule has 0 saturated carbocycles. The number of anilines is 2. The quantitative estimate of drug-likeness (QED) is 0.436. The van der Waals surface area contributed by atoms with Crippen molar-refractivity contribution in [2.24, 2.45) is 0 Å². The Morgan fingerprint density at radius 2 is 1.93 bits per heavy atom. The van der Waals surface area contributed by atoms with Crippen LogP contribution in [0.15, 0.2) is 46.1 Å². The molecule has 0 saturated heterocycles. The molecular formula is C21H26N4OS3. The largest absolute Gasteiger partial charge is 0.360 e. The Balaban J connectivity index is 1.47. The lowest BCUT2D eigenvalue weighted by atomic mass is 9.87. The molecule has 5 nitrogen and oxygen atoms in total. The average Bonchev–Trinajstić information content (AvgIpc) is 3.34. The monoisotopic (exact) mass is 446 g/mol. The number of rotatable bonds is 8. The van der Waals surface area contributed by atoms with E-state index in [1.165, 1.54) is 33.5 Å². The number of nitrogens with zero attached hydrogens (tertiary/aromatic N) is 2. The number of nitrogens with one attached hydrogen (secondary N) is 2. The number of thiophene rings is 1. The fourth-order valence-corrected chi connectivity index (χ4v) is 5.21. The smallest absolute Gasteiger partial charge is 0.237 e. The topological polar surface area (TPSA) is 66.9 Å². The molecule has 1 amide bonds. The number of hydrogen-bond donors (Lipinski definition) is 2. The molecular weight excluding hydrogens is 420 g/mol. The minimum atomic E-state index is -0.260. The van der Waals surface area contributed by atoms with Gasteiger partial charge in [-0.25, -0.2) is 0 Å². The van der Waals surface area contributed by atoms with Crippen LogP contribution >= 0.6 is 34.4 Å². The number of thioether (sulfide) groups is 1. The van der Waals surface area contributed by atoms with Gasteiger partial charge in [0.05, 0.1) is 5.25 Å². The van der Waals surface area contributed by atoms with Crippen molar-refractivity contribution in [1.82, 2.24) is 10.2 Å². The Kier molecular flexibility index (Phi) is 7.32. The van der Waals surface area contributed by atoms with Crippen LogP contribution in [-0.2, 0) is 16.6 Å². The average molecular weight is 447 g/mol. The molecule has 8 heteroatoms. The first-order chi connectivity index (χ1) is 13.8. The molecule has 2 aromatic heterocycles. The van der Waals surface area contributed by atoms with E-state index in [4.69, 9.17) is 0 Å². The highest BCUT2D eigenvalue weighted by atomic mass is 32.2. The van der Waals surface area contributed by atoms with Crippen molar-refractivity contribution in [3.05, 3.63) is 52.2 Å². The van der Waals surface area contributed by atoms with Crippen LogP contribution in [0.2, 0.25) is 0 Å². The van der Waals surface area contributed by atoms with Crippen molar-refractivity contribution >= 4 is 51.2 Å². The zero-order valence-corrected chi connectivity index (χ0v) is 19.5. The lowest BCUT2D eigenvalue weighted by Gasteiger charge is -2.19. The molecule has 1 atom stereocenters. The van der Waals surface area contributed by atoms with E-state index in [1.807, 2.05) is 19.1 Å². The predicted molar refractivity (Wildman–Crippen MR) is 126 cm³/mol. The molecule has 2 N–H and O–H groups in total. The minimum Gasteiger partial charge on any atom is -0.360 e. The summed E-state index contributed by atoms with van der Waals surface area (Å²) in [5, 5.41) is 17.3. The van der Waals surface area contributed by atoms with Gasteiger partial charge in [0.25, 0.3) is 0 Å². The van der Waals surface area contributed by atoms with Gasteiger partial charge in [0, 0.05) is 17.1 Å². The first kappa shape index (κ1) is 21.8. The maximum absolute atomic E-state index is 12.5. The van der Waals surface area contributed by atoms with Gasteiger partial charge >= 0.3 is 0 Å². The van der Waals surface area contributed by atoms with Gasteiger partial charge in [0.2, 0.25) is 11.0 Å². The van der Waals surface area contributed by atoms with Gasteiger partial charge in [-0.1, -0.05) is 62.1 Å². The van der Waals surface area contributed by atoms with Crippen LogP contribution in [0.1, 0.15) is 38.1 Å². The standard InChI is InChI=1S/C21H26N4OS3/c1-14(18(26)23-16-9-7-15(8-10-16)21(2,3)4)28-20-25-24-19(29-20)22-12-11-17-6-5-13-27-17/h5-10,13-14H,11-12H2,1-4H3,(H,22,24)(H,23,26). The molecule has 0 spiro atoms. The van der Waals surface area contributed by atoms with Crippen LogP contribution in [0.3, 0.4) is 0 Å². The minimum absolute atomic E-state index is 0.0408. The SMILES string of the molecule is CC(Sc1nnc(NCCc2cccs2)s1)C(=O)Nc1ccc(C(C)(C)C)cc1. The Morgan fingerprint density at radius 1 is 1.17 bits per heavy atom. The lowest BCUT2D eigenvalue weighted by Crippen LogP contribution is -2.22. The van der Waals surface area contributed by atoms with Crippen molar-refractivity contribution in [2.45, 2.75) is 49.1 Å². The normalized spacial score (nSPS) is 12.6. The molecule has 154 valence electrons. The molecule has 3 rings (SSSR count). The zero-order valence-electron chi connectivity index (χ0n) is 17.1. The molecule has 0 radical (unpaired) electrons. The van der Waals surface area contributed by atoms with Crippen LogP contribution < -0.4 is 10.6 Å². The van der Waals surface area contributed by atoms with Gasteiger partial charge in [-0.15, -0.1) is 21.5 Å². The third kappa shape index (κ3) is 6.55. The van der Waals surface area contributed by atoms with Crippen LogP contribution in [0.5, 0.6) is 0 Å². The van der Waals surface area contributed by atoms with Gasteiger partial charge in [-0.2, -0.15) is 0 Å². The Morgan fingerprint density at radius 3 is 2.59 bits per heavy atom. The van der Waals surface area contributed by atoms with Crippen LogP contribution in [-0.4, -0.2) is 27.9 Å². The predicted octanol–water partition coefficient (Wildman–Crippen LogP) is 5.67. The summed E-state index contributed by atoms with van der Waals surface area (Å²) in [6.07, 6.45) is 0.965. The number of benzene rings is 1. The van der Waals surface area contributed by atoms with E-state index in [9.17, 15) is 4.79 Å². The van der Waals surface area contributed by atoms with E-state index in [-0.39, 0.29) is 16.6 Å². The van der Waals surface area contributed by atoms with Gasteiger partial charge in [-0.05, 0) is 47.9 Å². The van der Waals surface area contributed by atoms with E-state index >= 15 is 0 Å². The van der Waals surface area contributed by atoms with Crippen molar-refractivity contribution in [2.75, 3.05) is 17.2 Å². The molecule has 1 unspecified atom stereocenters. The lowest BCUT2D eigenvalue weighted by molar-refractivity contribution is -0.115. The zero-order chi connectivity index (χ0) is 20.9. The van der Waals surface area contributed by atoms with Crippen molar-refractivity contribution in [1.29, 1.82) is 0 Å². The molecule has 29 heavy (non-hydrogen) atoms. The molecule has 0 aliphatic heterocycles. The second-order valence-electron chi connectivity index (χ2n) is 7.71. The van der Waals surface area contributed by atoms with Crippen molar-refractivity contribution < 1.29 is 4.79 Å². The molecule has 0 aliphatic rings. The Bertz CT molecular complexity index is 914. The summed E-state index contributed by atoms with van der Waals surface area (Å²) < 4.78 is 0.786. The summed E-state index contributed by atoms with van der Waals surface area (Å²) in [4.78, 5) is 13.9. The van der Waals surface area contributed by atoms with Gasteiger partial charge in [0.1, 0.15) is 0 Å². The molecule has 2 heterocycles. The van der Waals surface area contributed by atoms with Crippen LogP contribution in [0.25, 0.3) is 0 Å². The van der Waals surface area contributed by atoms with Crippen LogP contribution in [0, 0.1) is 0 Å². The van der Waals surface area contributed by atoms with E-state index in [1.54, 1.807) is 11.3 Å². The van der Waals surface area contributed by atoms with E-state index in [0.717, 1.165) is 28.1 Å². The Hall–Kier alpha value is -1.90. The van der Waals surface area contributed by atoms with Gasteiger partial charge in [-0.3, -0.25) is 4.79 Å². The van der Waals surface area contributed by atoms with Crippen LogP contribution in [0.4, 0.5) is 10.8 Å². The van der Waals surface area contributed by atoms with Gasteiger partial charge < -0.3 is 10.6 Å². The highest BCUT2D eigenvalue weighted by Gasteiger charge is 2.18. The molecule has 0 aliphatic carbocycles. The second-order valence-corrected chi connectivity index (χ2v) is 11.3. The van der Waals surface area contributed by atoms with E-state index in [2.05, 4.69) is 71.2 Å². The van der Waals surface area contributed by atoms with Crippen molar-refractivity contribution in [3.8, 4) is 0 Å². The molecule has 0 fully saturated rings. The maximum atomic E-state index is 12.5. The first-order valence-corrected chi connectivity index (χ1v) is 12.1. The summed E-state index contributed by atoms with van der Waals surface area (Å²) >= 11 is 4.66. The second kappa shape index (κ2) is 9.73. The highest BCUT2D eigenvalue weighted by molar-refractivity contribution is 8.02. The number of hydrogen-bond acceptors (Lipinski definition) is 7. The summed E-state index contributed by atoms with van der Waals surface area (Å²) in [5.41, 5.74) is 2.15. The third-order valence-corrected chi connectivity index (χ3v) is 7.30. The van der Waals surface area contributed by atoms with E-state index in [0.29, 0.717) is 0 Å². The number of aromatic nitrogens is 2. The fraction of sp³-hybridized carbons (Fsp3) is 0.381. The highest BCUT2D eigenvalue weighted by Crippen LogP contribution is 2.30. The summed E-state index contributed by atoms with van der Waals surface area (Å²) in [6.45, 7) is 9.22. The maximum Gasteiger partial charge on any atom is 0.237 e. The number of carbonyl (C=O) groups excluding carboxylic acids is 1. The van der Waals surface area contributed by atoms with E-state index < -0.39 is 0 Å². The third-order valence-electron chi connectivity index (χ3n) is 4.30. The fourth-order valence-electron chi connectivity index (χ4n) is 2.58. The summed E-state index contributed by atoms with van der Waals surface area (Å²) in [6, 6.07) is 12.2. The molecule has 0 bridgehead atoms. The first-order valence-electron chi connectivity index (χ1n) is 9.49. The Labute approximate surface area is 184 Å². The molecule has 3 aromatic rings. The van der Waals surface area contributed by atoms with Crippen molar-refractivity contribution in [3.63, 3.8) is 0 Å². The number of amides is 1.